The molecular formula is C14H21Cl2N3O2. The van der Waals surface area contributed by atoms with Crippen molar-refractivity contribution in [2.45, 2.75) is 32.7 Å². The first-order valence-electron chi connectivity index (χ1n) is 6.54. The molecular weight excluding hydrogens is 313 g/mol. The summed E-state index contributed by atoms with van der Waals surface area (Å²) in [7, 11) is 0. The Bertz CT molecular complexity index is 493. The van der Waals surface area contributed by atoms with Gasteiger partial charge in [-0.3, -0.25) is 9.59 Å². The van der Waals surface area contributed by atoms with Gasteiger partial charge in [-0.25, -0.2) is 0 Å². The maximum Gasteiger partial charge on any atom is 0.253 e. The molecule has 0 aromatic heterocycles. The monoisotopic (exact) mass is 333 g/mol. The molecule has 1 aromatic carbocycles. The number of halogens is 2. The van der Waals surface area contributed by atoms with Crippen LogP contribution in [0.2, 0.25) is 5.02 Å². The van der Waals surface area contributed by atoms with Crippen molar-refractivity contribution in [3.8, 4) is 0 Å². The van der Waals surface area contributed by atoms with Crippen LogP contribution < -0.4 is 16.4 Å². The number of carbonyl (C=O) groups is 2. The highest BCUT2D eigenvalue weighted by Gasteiger charge is 2.14. The summed E-state index contributed by atoms with van der Waals surface area (Å²) < 4.78 is 0. The molecule has 2 amide bonds. The lowest BCUT2D eigenvalue weighted by atomic mass is 10.1. The molecule has 0 aliphatic carbocycles. The van der Waals surface area contributed by atoms with Gasteiger partial charge in [-0.1, -0.05) is 11.6 Å². The smallest absolute Gasteiger partial charge is 0.253 e. The van der Waals surface area contributed by atoms with Crippen molar-refractivity contribution >= 4 is 41.5 Å². The molecule has 0 aliphatic rings. The zero-order chi connectivity index (χ0) is 15.1. The molecule has 0 unspecified atom stereocenters. The number of anilines is 1. The normalized spacial score (nSPS) is 9.95. The molecule has 0 spiro atoms. The Morgan fingerprint density at radius 3 is 2.57 bits per heavy atom. The van der Waals surface area contributed by atoms with E-state index in [2.05, 4.69) is 10.6 Å². The minimum atomic E-state index is -0.245. The molecule has 7 heteroatoms. The number of amides is 2. The molecule has 1 aromatic rings. The van der Waals surface area contributed by atoms with Crippen LogP contribution in [0.15, 0.2) is 18.2 Å². The van der Waals surface area contributed by atoms with E-state index in [1.54, 1.807) is 18.2 Å². The van der Waals surface area contributed by atoms with Gasteiger partial charge in [-0.05, 0) is 45.0 Å². The summed E-state index contributed by atoms with van der Waals surface area (Å²) in [4.78, 5) is 23.8. The summed E-state index contributed by atoms with van der Waals surface area (Å²) in [5, 5.41) is 5.94. The molecule has 5 nitrogen and oxygen atoms in total. The molecule has 21 heavy (non-hydrogen) atoms. The number of nitrogens with one attached hydrogen (secondary N) is 2. The van der Waals surface area contributed by atoms with E-state index in [1.807, 2.05) is 13.8 Å². The second-order valence-electron chi connectivity index (χ2n) is 4.76. The number of hydrogen-bond donors (Lipinski definition) is 3. The maximum absolute atomic E-state index is 12.1. The van der Waals surface area contributed by atoms with Crippen molar-refractivity contribution in [1.82, 2.24) is 5.32 Å². The summed E-state index contributed by atoms with van der Waals surface area (Å²) in [6, 6.07) is 4.79. The van der Waals surface area contributed by atoms with Gasteiger partial charge in [-0.2, -0.15) is 0 Å². The molecule has 1 rings (SSSR count). The van der Waals surface area contributed by atoms with Gasteiger partial charge in [0.25, 0.3) is 5.91 Å². The zero-order valence-electron chi connectivity index (χ0n) is 12.1. The number of hydrogen-bond acceptors (Lipinski definition) is 3. The molecule has 0 heterocycles. The topological polar surface area (TPSA) is 84.2 Å². The fourth-order valence-electron chi connectivity index (χ4n) is 1.63. The predicted octanol–water partition coefficient (Wildman–Crippen LogP) is 2.58. The lowest BCUT2D eigenvalue weighted by Gasteiger charge is -2.13. The second kappa shape index (κ2) is 9.60. The lowest BCUT2D eigenvalue weighted by Crippen LogP contribution is -2.31. The van der Waals surface area contributed by atoms with Gasteiger partial charge in [0.1, 0.15) is 0 Å². The van der Waals surface area contributed by atoms with E-state index in [0.29, 0.717) is 35.7 Å². The molecule has 0 radical (unpaired) electrons. The van der Waals surface area contributed by atoms with Gasteiger partial charge in [0.2, 0.25) is 5.91 Å². The van der Waals surface area contributed by atoms with E-state index < -0.39 is 0 Å². The van der Waals surface area contributed by atoms with E-state index in [9.17, 15) is 9.59 Å². The quantitative estimate of drug-likeness (QED) is 0.748. The van der Waals surface area contributed by atoms with E-state index in [0.717, 1.165) is 0 Å². The van der Waals surface area contributed by atoms with Gasteiger partial charge in [0.05, 0.1) is 11.3 Å². The Morgan fingerprint density at radius 2 is 2.00 bits per heavy atom. The van der Waals surface area contributed by atoms with Crippen LogP contribution in [0.4, 0.5) is 5.69 Å². The molecule has 0 atom stereocenters. The van der Waals surface area contributed by atoms with Gasteiger partial charge < -0.3 is 16.4 Å². The van der Waals surface area contributed by atoms with Gasteiger partial charge >= 0.3 is 0 Å². The van der Waals surface area contributed by atoms with Gasteiger partial charge in [-0.15, -0.1) is 12.4 Å². The number of rotatable bonds is 6. The number of carbonyl (C=O) groups excluding carboxylic acids is 2. The third-order valence-corrected chi connectivity index (χ3v) is 2.76. The van der Waals surface area contributed by atoms with E-state index in [1.165, 1.54) is 0 Å². The lowest BCUT2D eigenvalue weighted by molar-refractivity contribution is -0.116. The minimum absolute atomic E-state index is 0. The fourth-order valence-corrected chi connectivity index (χ4v) is 1.81. The Morgan fingerprint density at radius 1 is 1.33 bits per heavy atom. The highest BCUT2D eigenvalue weighted by Crippen LogP contribution is 2.21. The van der Waals surface area contributed by atoms with Crippen LogP contribution in [0.5, 0.6) is 0 Å². The highest BCUT2D eigenvalue weighted by atomic mass is 35.5. The van der Waals surface area contributed by atoms with Crippen LogP contribution in [0.1, 0.15) is 37.0 Å². The number of nitrogens with two attached hydrogens (primary N) is 1. The van der Waals surface area contributed by atoms with Crippen molar-refractivity contribution in [1.29, 1.82) is 0 Å². The summed E-state index contributed by atoms with van der Waals surface area (Å²) >= 11 is 5.91. The second-order valence-corrected chi connectivity index (χ2v) is 5.19. The molecule has 0 saturated heterocycles. The first kappa shape index (κ1) is 19.7. The summed E-state index contributed by atoms with van der Waals surface area (Å²) in [6.07, 6.45) is 0.911. The average molecular weight is 334 g/mol. The first-order valence-corrected chi connectivity index (χ1v) is 6.92. The number of benzene rings is 1. The summed E-state index contributed by atoms with van der Waals surface area (Å²) in [6.45, 7) is 4.18. The first-order chi connectivity index (χ1) is 9.43. The van der Waals surface area contributed by atoms with Crippen molar-refractivity contribution in [3.05, 3.63) is 28.8 Å². The van der Waals surface area contributed by atoms with Crippen molar-refractivity contribution in [2.24, 2.45) is 5.73 Å². The van der Waals surface area contributed by atoms with Crippen molar-refractivity contribution in [2.75, 3.05) is 11.9 Å². The van der Waals surface area contributed by atoms with Gasteiger partial charge in [0.15, 0.2) is 0 Å². The van der Waals surface area contributed by atoms with Crippen molar-refractivity contribution < 1.29 is 9.59 Å². The predicted molar refractivity (Wildman–Crippen MR) is 88.2 cm³/mol. The van der Waals surface area contributed by atoms with Crippen LogP contribution >= 0.6 is 24.0 Å². The van der Waals surface area contributed by atoms with Crippen LogP contribution in [-0.2, 0) is 4.79 Å². The minimum Gasteiger partial charge on any atom is -0.350 e. The Balaban J connectivity index is 0.00000400. The Hall–Kier alpha value is -1.30. The summed E-state index contributed by atoms with van der Waals surface area (Å²) in [5.74, 6) is -0.429. The van der Waals surface area contributed by atoms with Crippen LogP contribution in [0, 0.1) is 0 Å². The van der Waals surface area contributed by atoms with E-state index >= 15 is 0 Å². The standard InChI is InChI=1S/C14H20ClN3O2.ClH/c1-9(2)17-14(20)11-6-5-10(15)8-12(11)18-13(19)4-3-7-16;/h5-6,8-9H,3-4,7,16H2,1-2H3,(H,17,20)(H,18,19);1H. The third-order valence-electron chi connectivity index (χ3n) is 2.53. The molecule has 0 saturated carbocycles. The SMILES string of the molecule is CC(C)NC(=O)c1ccc(Cl)cc1NC(=O)CCCN.Cl. The van der Waals surface area contributed by atoms with Crippen LogP contribution in [0.3, 0.4) is 0 Å². The molecule has 4 N–H and O–H groups in total. The highest BCUT2D eigenvalue weighted by molar-refractivity contribution is 6.31. The molecule has 118 valence electrons. The fraction of sp³-hybridized carbons (Fsp3) is 0.429. The summed E-state index contributed by atoms with van der Waals surface area (Å²) in [5.41, 5.74) is 6.17. The third kappa shape index (κ3) is 6.80. The average Bonchev–Trinajstić information content (AvgIpc) is 2.35. The van der Waals surface area contributed by atoms with Crippen LogP contribution in [0.25, 0.3) is 0 Å². The maximum atomic E-state index is 12.1. The van der Waals surface area contributed by atoms with Crippen molar-refractivity contribution in [3.63, 3.8) is 0 Å². The molecule has 0 fully saturated rings. The van der Waals surface area contributed by atoms with Gasteiger partial charge in [0, 0.05) is 17.5 Å². The largest absolute Gasteiger partial charge is 0.350 e. The Kier molecular flexibility index (Phi) is 9.01. The zero-order valence-corrected chi connectivity index (χ0v) is 13.7. The molecule has 0 aliphatic heterocycles. The van der Waals surface area contributed by atoms with Crippen LogP contribution in [-0.4, -0.2) is 24.4 Å². The van der Waals surface area contributed by atoms with E-state index in [-0.39, 0.29) is 30.3 Å². The Labute approximate surface area is 136 Å². The molecule has 0 bridgehead atoms. The van der Waals surface area contributed by atoms with E-state index in [4.69, 9.17) is 17.3 Å².